The summed E-state index contributed by atoms with van der Waals surface area (Å²) in [6.45, 7) is 2.21. The molecule has 0 amide bonds. The molecule has 0 heterocycles. The molecule has 0 aromatic heterocycles. The molecule has 0 unspecified atom stereocenters. The van der Waals surface area contributed by atoms with Crippen LogP contribution >= 0.6 is 0 Å². The molecule has 0 aliphatic carbocycles. The maximum absolute atomic E-state index is 9.98. The van der Waals surface area contributed by atoms with Gasteiger partial charge < -0.3 is 0 Å². The van der Waals surface area contributed by atoms with E-state index in [4.69, 9.17) is 4.55 Å². The number of unbranched alkanes of at least 4 members (excludes halogenated alkanes) is 2. The minimum Gasteiger partial charge on any atom is -0.272 e. The Morgan fingerprint density at radius 1 is 1.40 bits per heavy atom. The molecule has 0 fully saturated rings. The van der Waals surface area contributed by atoms with Crippen LogP contribution in [-0.4, -0.2) is 19.5 Å². The fourth-order valence-electron chi connectivity index (χ4n) is 0.542. The molecule has 0 aliphatic heterocycles. The highest BCUT2D eigenvalue weighted by atomic mass is 32.2. The average molecular weight is 166 g/mol. The zero-order valence-corrected chi connectivity index (χ0v) is 6.76. The van der Waals surface area contributed by atoms with Gasteiger partial charge in [-0.25, -0.2) is 0 Å². The van der Waals surface area contributed by atoms with Crippen LogP contribution in [0, 0.1) is 0 Å². The smallest absolute Gasteiger partial charge is 0.272 e. The fraction of sp³-hybridized carbons (Fsp3) is 1.00. The Labute approximate surface area is 61.5 Å². The maximum Gasteiger partial charge on any atom is 0.350 e. The van der Waals surface area contributed by atoms with Crippen molar-refractivity contribution in [2.24, 2.45) is 0 Å². The van der Waals surface area contributed by atoms with E-state index in [9.17, 15) is 8.42 Å². The van der Waals surface area contributed by atoms with Crippen LogP contribution < -0.4 is 4.72 Å². The molecule has 1 radical (unpaired) electrons. The molecule has 0 aliphatic rings. The van der Waals surface area contributed by atoms with Crippen LogP contribution in [0.2, 0.25) is 0 Å². The van der Waals surface area contributed by atoms with Crippen molar-refractivity contribution in [1.82, 2.24) is 4.72 Å². The highest BCUT2D eigenvalue weighted by molar-refractivity contribution is 7.83. The summed E-state index contributed by atoms with van der Waals surface area (Å²) < 4.78 is 31.1. The summed E-state index contributed by atoms with van der Waals surface area (Å²) >= 11 is 0. The van der Waals surface area contributed by atoms with Gasteiger partial charge in [0.15, 0.2) is 0 Å². The summed E-state index contributed by atoms with van der Waals surface area (Å²) in [4.78, 5) is 0. The first-order valence-corrected chi connectivity index (χ1v) is 4.62. The Bertz CT molecular complexity index is 164. The first-order chi connectivity index (χ1) is 4.56. The first-order valence-electron chi connectivity index (χ1n) is 3.22. The summed E-state index contributed by atoms with van der Waals surface area (Å²) in [5.41, 5.74) is 0. The molecule has 0 saturated carbocycles. The third-order valence-electron chi connectivity index (χ3n) is 1.02. The second kappa shape index (κ2) is 4.65. The molecule has 0 atom stereocenters. The lowest BCUT2D eigenvalue weighted by atomic mass is 10.3. The van der Waals surface area contributed by atoms with E-state index in [1.165, 1.54) is 0 Å². The van der Waals surface area contributed by atoms with Crippen LogP contribution in [0.25, 0.3) is 0 Å². The third-order valence-corrected chi connectivity index (χ3v) is 1.52. The van der Waals surface area contributed by atoms with E-state index in [0.29, 0.717) is 0 Å². The van der Waals surface area contributed by atoms with Gasteiger partial charge in [-0.05, 0) is 6.42 Å². The second-order valence-corrected chi connectivity index (χ2v) is 3.16. The van der Waals surface area contributed by atoms with E-state index in [1.54, 1.807) is 0 Å². The molecular weight excluding hydrogens is 154 g/mol. The van der Waals surface area contributed by atoms with Crippen molar-refractivity contribution in [2.45, 2.75) is 26.2 Å². The summed E-state index contributed by atoms with van der Waals surface area (Å²) in [6, 6.07) is 0. The molecule has 0 saturated heterocycles. The van der Waals surface area contributed by atoms with Crippen LogP contribution in [-0.2, 0) is 10.3 Å². The highest BCUT2D eigenvalue weighted by Crippen LogP contribution is 1.92. The Kier molecular flexibility index (Phi) is 4.59. The van der Waals surface area contributed by atoms with Crippen molar-refractivity contribution >= 4 is 10.3 Å². The van der Waals surface area contributed by atoms with Crippen LogP contribution in [0.15, 0.2) is 0 Å². The molecule has 4 nitrogen and oxygen atoms in total. The van der Waals surface area contributed by atoms with Crippen molar-refractivity contribution in [3.05, 3.63) is 0 Å². The van der Waals surface area contributed by atoms with E-state index in [1.807, 2.05) is 6.92 Å². The Balaban J connectivity index is 3.21. The molecule has 0 rings (SSSR count). The van der Waals surface area contributed by atoms with Gasteiger partial charge in [0.05, 0.1) is 0 Å². The predicted molar refractivity (Wildman–Crippen MR) is 38.1 cm³/mol. The normalized spacial score (nSPS) is 11.8. The minimum absolute atomic E-state index is 0.201. The van der Waals surface area contributed by atoms with Gasteiger partial charge >= 0.3 is 10.3 Å². The van der Waals surface area contributed by atoms with Gasteiger partial charge in [0.1, 0.15) is 0 Å². The third kappa shape index (κ3) is 7.87. The van der Waals surface area contributed by atoms with Crippen LogP contribution in [0.3, 0.4) is 0 Å². The standard InChI is InChI=1S/C5H12NO3S/c1-2-3-4-5-6-10(7,8)9/h2-5H2,1H3,(H,7,8,9). The van der Waals surface area contributed by atoms with E-state index < -0.39 is 10.3 Å². The van der Waals surface area contributed by atoms with Gasteiger partial charge in [-0.3, -0.25) is 4.55 Å². The minimum atomic E-state index is -4.08. The van der Waals surface area contributed by atoms with Crippen molar-refractivity contribution in [2.75, 3.05) is 6.54 Å². The molecule has 0 spiro atoms. The number of rotatable bonds is 5. The monoisotopic (exact) mass is 166 g/mol. The second-order valence-electron chi connectivity index (χ2n) is 2.01. The summed E-state index contributed by atoms with van der Waals surface area (Å²) in [6.07, 6.45) is 2.68. The van der Waals surface area contributed by atoms with Gasteiger partial charge in [-0.1, -0.05) is 24.5 Å². The number of hydrogen-bond donors (Lipinski definition) is 1. The topological polar surface area (TPSA) is 68.5 Å². The van der Waals surface area contributed by atoms with E-state index in [2.05, 4.69) is 4.72 Å². The molecule has 1 N–H and O–H groups in total. The number of hydrogen-bond acceptors (Lipinski definition) is 2. The van der Waals surface area contributed by atoms with Crippen LogP contribution in [0.1, 0.15) is 26.2 Å². The molecular formula is C5H12NO3S. The van der Waals surface area contributed by atoms with E-state index in [0.717, 1.165) is 19.3 Å². The molecule has 61 valence electrons. The molecule has 0 bridgehead atoms. The van der Waals surface area contributed by atoms with Crippen molar-refractivity contribution in [3.8, 4) is 0 Å². The lowest BCUT2D eigenvalue weighted by molar-refractivity contribution is 0.464. The Morgan fingerprint density at radius 2 is 2.00 bits per heavy atom. The predicted octanol–water partition coefficient (Wildman–Crippen LogP) is 0.584. The fourth-order valence-corrected chi connectivity index (χ4v) is 0.902. The van der Waals surface area contributed by atoms with Crippen molar-refractivity contribution in [3.63, 3.8) is 0 Å². The van der Waals surface area contributed by atoms with Gasteiger partial charge in [0.25, 0.3) is 0 Å². The highest BCUT2D eigenvalue weighted by Gasteiger charge is 2.02. The van der Waals surface area contributed by atoms with Gasteiger partial charge in [0, 0.05) is 6.54 Å². The zero-order valence-electron chi connectivity index (χ0n) is 5.95. The lowest BCUT2D eigenvalue weighted by Crippen LogP contribution is -2.15. The van der Waals surface area contributed by atoms with Gasteiger partial charge in [-0.2, -0.15) is 8.42 Å². The Morgan fingerprint density at radius 3 is 2.40 bits per heavy atom. The molecule has 0 aromatic carbocycles. The largest absolute Gasteiger partial charge is 0.350 e. The molecule has 10 heavy (non-hydrogen) atoms. The lowest BCUT2D eigenvalue weighted by Gasteiger charge is -1.95. The zero-order chi connectivity index (χ0) is 8.04. The Hall–Kier alpha value is -0.130. The molecule has 5 heteroatoms. The van der Waals surface area contributed by atoms with E-state index in [-0.39, 0.29) is 6.54 Å². The summed E-state index contributed by atoms with van der Waals surface area (Å²) in [5.74, 6) is 0. The number of nitrogens with zero attached hydrogens (tertiary/aromatic N) is 1. The van der Waals surface area contributed by atoms with Crippen molar-refractivity contribution in [1.29, 1.82) is 0 Å². The van der Waals surface area contributed by atoms with E-state index >= 15 is 0 Å². The first kappa shape index (κ1) is 9.87. The van der Waals surface area contributed by atoms with Crippen LogP contribution in [0.4, 0.5) is 0 Å². The average Bonchev–Trinajstić information content (AvgIpc) is 1.78. The SMILES string of the molecule is CCCCC[N]S(=O)(=O)O. The van der Waals surface area contributed by atoms with Crippen LogP contribution in [0.5, 0.6) is 0 Å². The maximum atomic E-state index is 9.98. The summed E-state index contributed by atoms with van der Waals surface area (Å²) in [7, 11) is -4.08. The van der Waals surface area contributed by atoms with Gasteiger partial charge in [0.2, 0.25) is 0 Å². The summed E-state index contributed by atoms with van der Waals surface area (Å²) in [5, 5.41) is 0. The quantitative estimate of drug-likeness (QED) is 0.480. The van der Waals surface area contributed by atoms with Gasteiger partial charge in [-0.15, -0.1) is 0 Å². The van der Waals surface area contributed by atoms with Crippen molar-refractivity contribution < 1.29 is 13.0 Å². The molecule has 0 aromatic rings.